The molecule has 2 rings (SSSR count). The maximum absolute atomic E-state index is 11.8. The number of fused-ring (bicyclic) bond motifs is 1. The van der Waals surface area contributed by atoms with Crippen LogP contribution >= 0.6 is 0 Å². The summed E-state index contributed by atoms with van der Waals surface area (Å²) >= 11 is 0. The van der Waals surface area contributed by atoms with Crippen LogP contribution < -0.4 is 5.43 Å². The van der Waals surface area contributed by atoms with Gasteiger partial charge in [-0.3, -0.25) is 4.79 Å². The summed E-state index contributed by atoms with van der Waals surface area (Å²) in [7, 11) is 0. The molecule has 1 heterocycles. The smallest absolute Gasteiger partial charge is 0.192 e. The third-order valence-electron chi connectivity index (χ3n) is 2.61. The van der Waals surface area contributed by atoms with Crippen LogP contribution in [0.3, 0.4) is 0 Å². The predicted octanol–water partition coefficient (Wildman–Crippen LogP) is 3.16. The van der Waals surface area contributed by atoms with E-state index in [0.717, 1.165) is 5.76 Å². The van der Waals surface area contributed by atoms with Crippen LogP contribution in [0.2, 0.25) is 0 Å². The molecule has 1 atom stereocenters. The zero-order valence-corrected chi connectivity index (χ0v) is 9.27. The second-order valence-corrected chi connectivity index (χ2v) is 3.99. The molecule has 1 aromatic carbocycles. The van der Waals surface area contributed by atoms with E-state index in [4.69, 9.17) is 4.42 Å². The van der Waals surface area contributed by atoms with Gasteiger partial charge in [-0.1, -0.05) is 25.1 Å². The Kier molecular flexibility index (Phi) is 2.91. The largest absolute Gasteiger partial charge is 0.461 e. The average molecular weight is 214 g/mol. The Bertz CT molecular complexity index is 566. The minimum absolute atomic E-state index is 0.0214. The maximum Gasteiger partial charge on any atom is 0.192 e. The van der Waals surface area contributed by atoms with E-state index in [1.165, 1.54) is 0 Å². The Morgan fingerprint density at radius 3 is 2.94 bits per heavy atom. The van der Waals surface area contributed by atoms with Gasteiger partial charge in [0.2, 0.25) is 0 Å². The highest BCUT2D eigenvalue weighted by atomic mass is 16.3. The zero-order chi connectivity index (χ0) is 11.5. The van der Waals surface area contributed by atoms with Gasteiger partial charge in [-0.2, -0.15) is 0 Å². The lowest BCUT2D eigenvalue weighted by Crippen LogP contribution is -2.04. The van der Waals surface area contributed by atoms with E-state index in [9.17, 15) is 4.79 Å². The summed E-state index contributed by atoms with van der Waals surface area (Å²) in [6.07, 6.45) is 2.57. The second kappa shape index (κ2) is 4.35. The monoisotopic (exact) mass is 214 g/mol. The number of allylic oxidation sites excluding steroid dienone is 1. The molecule has 0 saturated carbocycles. The Morgan fingerprint density at radius 2 is 2.19 bits per heavy atom. The Labute approximate surface area is 94.2 Å². The Hall–Kier alpha value is -1.83. The molecule has 82 valence electrons. The van der Waals surface area contributed by atoms with Gasteiger partial charge in [0, 0.05) is 12.5 Å². The maximum atomic E-state index is 11.8. The second-order valence-electron chi connectivity index (χ2n) is 3.99. The van der Waals surface area contributed by atoms with Gasteiger partial charge < -0.3 is 4.42 Å². The van der Waals surface area contributed by atoms with Crippen molar-refractivity contribution in [2.75, 3.05) is 0 Å². The summed E-state index contributed by atoms with van der Waals surface area (Å²) in [5.41, 5.74) is 0.675. The van der Waals surface area contributed by atoms with Crippen molar-refractivity contribution in [1.29, 1.82) is 0 Å². The van der Waals surface area contributed by atoms with E-state index in [2.05, 4.69) is 6.58 Å². The van der Waals surface area contributed by atoms with E-state index in [0.29, 0.717) is 23.3 Å². The number of rotatable bonds is 3. The quantitative estimate of drug-likeness (QED) is 0.735. The van der Waals surface area contributed by atoms with Gasteiger partial charge in [0.15, 0.2) is 5.43 Å². The van der Waals surface area contributed by atoms with Gasteiger partial charge in [0.1, 0.15) is 11.3 Å². The molecule has 0 aliphatic carbocycles. The molecule has 0 fully saturated rings. The van der Waals surface area contributed by atoms with Crippen molar-refractivity contribution in [3.63, 3.8) is 0 Å². The number of para-hydroxylation sites is 1. The van der Waals surface area contributed by atoms with Gasteiger partial charge in [-0.25, -0.2) is 0 Å². The van der Waals surface area contributed by atoms with E-state index >= 15 is 0 Å². The van der Waals surface area contributed by atoms with Crippen LogP contribution in [0.1, 0.15) is 12.7 Å². The molecule has 2 nitrogen and oxygen atoms in total. The van der Waals surface area contributed by atoms with Crippen molar-refractivity contribution in [1.82, 2.24) is 0 Å². The molecule has 0 bridgehead atoms. The Morgan fingerprint density at radius 1 is 1.44 bits per heavy atom. The first-order valence-corrected chi connectivity index (χ1v) is 5.35. The van der Waals surface area contributed by atoms with Gasteiger partial charge in [-0.15, -0.1) is 6.58 Å². The standard InChI is InChI=1S/C14H14O2/c1-3-10(2)8-11-9-13(15)12-6-4-5-7-14(12)16-11/h3-7,9-10H,1,8H2,2H3. The summed E-state index contributed by atoms with van der Waals surface area (Å²) in [6, 6.07) is 8.88. The number of hydrogen-bond donors (Lipinski definition) is 0. The predicted molar refractivity (Wildman–Crippen MR) is 65.5 cm³/mol. The van der Waals surface area contributed by atoms with Crippen LogP contribution in [-0.4, -0.2) is 0 Å². The van der Waals surface area contributed by atoms with E-state index < -0.39 is 0 Å². The molecule has 2 aromatic rings. The van der Waals surface area contributed by atoms with E-state index in [1.807, 2.05) is 31.2 Å². The van der Waals surface area contributed by atoms with E-state index in [1.54, 1.807) is 12.1 Å². The van der Waals surface area contributed by atoms with Crippen LogP contribution in [0.4, 0.5) is 0 Å². The van der Waals surface area contributed by atoms with Gasteiger partial charge >= 0.3 is 0 Å². The summed E-state index contributed by atoms with van der Waals surface area (Å²) in [5.74, 6) is 1.03. The molecule has 0 saturated heterocycles. The zero-order valence-electron chi connectivity index (χ0n) is 9.27. The lowest BCUT2D eigenvalue weighted by Gasteiger charge is -2.05. The fraction of sp³-hybridized carbons (Fsp3) is 0.214. The normalized spacial score (nSPS) is 12.6. The van der Waals surface area contributed by atoms with Crippen molar-refractivity contribution in [3.05, 3.63) is 59.0 Å². The Balaban J connectivity index is 2.50. The molecular weight excluding hydrogens is 200 g/mol. The molecule has 0 spiro atoms. The molecule has 16 heavy (non-hydrogen) atoms. The van der Waals surface area contributed by atoms with Crippen molar-refractivity contribution in [2.24, 2.45) is 5.92 Å². The summed E-state index contributed by atoms with van der Waals surface area (Å²) in [6.45, 7) is 5.77. The number of benzene rings is 1. The minimum Gasteiger partial charge on any atom is -0.461 e. The van der Waals surface area contributed by atoms with Crippen molar-refractivity contribution < 1.29 is 4.42 Å². The van der Waals surface area contributed by atoms with Gasteiger partial charge in [-0.05, 0) is 18.1 Å². The molecule has 1 unspecified atom stereocenters. The molecule has 2 heteroatoms. The molecule has 0 aliphatic heterocycles. The number of hydrogen-bond acceptors (Lipinski definition) is 2. The molecular formula is C14H14O2. The fourth-order valence-corrected chi connectivity index (χ4v) is 1.66. The minimum atomic E-state index is 0.0214. The third kappa shape index (κ3) is 2.06. The molecule has 1 aromatic heterocycles. The highest BCUT2D eigenvalue weighted by Gasteiger charge is 2.06. The fourth-order valence-electron chi connectivity index (χ4n) is 1.66. The van der Waals surface area contributed by atoms with Crippen LogP contribution in [0.15, 0.2) is 52.2 Å². The van der Waals surface area contributed by atoms with Crippen molar-refractivity contribution >= 4 is 11.0 Å². The SMILES string of the molecule is C=CC(C)Cc1cc(=O)c2ccccc2o1. The summed E-state index contributed by atoms with van der Waals surface area (Å²) in [5, 5.41) is 0.637. The van der Waals surface area contributed by atoms with Gasteiger partial charge in [0.25, 0.3) is 0 Å². The summed E-state index contributed by atoms with van der Waals surface area (Å²) in [4.78, 5) is 11.8. The summed E-state index contributed by atoms with van der Waals surface area (Å²) < 4.78 is 5.67. The highest BCUT2D eigenvalue weighted by molar-refractivity contribution is 5.76. The van der Waals surface area contributed by atoms with Crippen LogP contribution in [-0.2, 0) is 6.42 Å². The van der Waals surface area contributed by atoms with Crippen LogP contribution in [0.25, 0.3) is 11.0 Å². The van der Waals surface area contributed by atoms with Gasteiger partial charge in [0.05, 0.1) is 5.39 Å². The van der Waals surface area contributed by atoms with Crippen molar-refractivity contribution in [2.45, 2.75) is 13.3 Å². The van der Waals surface area contributed by atoms with Crippen LogP contribution in [0, 0.1) is 5.92 Å². The molecule has 0 N–H and O–H groups in total. The van der Waals surface area contributed by atoms with E-state index in [-0.39, 0.29) is 5.43 Å². The average Bonchev–Trinajstić information content (AvgIpc) is 2.29. The lowest BCUT2D eigenvalue weighted by atomic mass is 10.1. The van der Waals surface area contributed by atoms with Crippen molar-refractivity contribution in [3.8, 4) is 0 Å². The topological polar surface area (TPSA) is 30.2 Å². The molecule has 0 amide bonds. The first-order chi connectivity index (χ1) is 7.70. The molecule has 0 radical (unpaired) electrons. The third-order valence-corrected chi connectivity index (χ3v) is 2.61. The highest BCUT2D eigenvalue weighted by Crippen LogP contribution is 2.14. The first-order valence-electron chi connectivity index (χ1n) is 5.35. The first kappa shape index (κ1) is 10.7. The van der Waals surface area contributed by atoms with Crippen LogP contribution in [0.5, 0.6) is 0 Å². The molecule has 0 aliphatic rings. The lowest BCUT2D eigenvalue weighted by molar-refractivity contribution is 0.507.